The summed E-state index contributed by atoms with van der Waals surface area (Å²) in [7, 11) is 3.13. The molecule has 6 nitrogen and oxygen atoms in total. The van der Waals surface area contributed by atoms with Gasteiger partial charge in [-0.3, -0.25) is 0 Å². The predicted molar refractivity (Wildman–Crippen MR) is 124 cm³/mol. The Balaban J connectivity index is 1.27. The summed E-state index contributed by atoms with van der Waals surface area (Å²) in [6, 6.07) is 20.2. The molecule has 0 radical (unpaired) electrons. The van der Waals surface area contributed by atoms with E-state index in [2.05, 4.69) is 34.6 Å². The molecule has 2 aromatic carbocycles. The van der Waals surface area contributed by atoms with Crippen LogP contribution in [-0.2, 0) is 4.74 Å². The van der Waals surface area contributed by atoms with Gasteiger partial charge in [0.1, 0.15) is 6.61 Å². The van der Waals surface area contributed by atoms with Crippen molar-refractivity contribution < 1.29 is 19.0 Å². The van der Waals surface area contributed by atoms with E-state index in [1.54, 1.807) is 20.3 Å². The summed E-state index contributed by atoms with van der Waals surface area (Å²) in [6.45, 7) is 0.781. The topological polar surface area (TPSA) is 69.7 Å². The van der Waals surface area contributed by atoms with Crippen LogP contribution in [0.15, 0.2) is 66.7 Å². The summed E-state index contributed by atoms with van der Waals surface area (Å²) < 4.78 is 15.9. The minimum atomic E-state index is -0.413. The molecule has 3 aromatic rings. The smallest absolute Gasteiger partial charge is 0.407 e. The van der Waals surface area contributed by atoms with Gasteiger partial charge in [-0.1, -0.05) is 60.7 Å². The summed E-state index contributed by atoms with van der Waals surface area (Å²) in [6.07, 6.45) is 4.10. The molecule has 1 N–H and O–H groups in total. The van der Waals surface area contributed by atoms with Gasteiger partial charge in [0.2, 0.25) is 11.8 Å². The zero-order valence-electron chi connectivity index (χ0n) is 18.2. The first kappa shape index (κ1) is 21.4. The van der Waals surface area contributed by atoms with Gasteiger partial charge in [0.05, 0.1) is 14.2 Å². The quantitative estimate of drug-likeness (QED) is 0.507. The van der Waals surface area contributed by atoms with E-state index in [-0.39, 0.29) is 5.92 Å². The second-order valence-electron chi connectivity index (χ2n) is 7.40. The molecular weight excluding hydrogens is 404 g/mol. The molecule has 0 bridgehead atoms. The molecule has 0 saturated carbocycles. The fraction of sp³-hybridized carbons (Fsp3) is 0.231. The zero-order valence-corrected chi connectivity index (χ0v) is 18.2. The first-order valence-corrected chi connectivity index (χ1v) is 10.6. The largest absolute Gasteiger partial charge is 0.481 e. The van der Waals surface area contributed by atoms with Crippen LogP contribution in [0.1, 0.15) is 29.0 Å². The van der Waals surface area contributed by atoms with E-state index in [1.165, 1.54) is 22.3 Å². The van der Waals surface area contributed by atoms with Crippen LogP contribution in [0.5, 0.6) is 11.8 Å². The molecule has 0 saturated heterocycles. The number of pyridine rings is 1. The van der Waals surface area contributed by atoms with Gasteiger partial charge in [0.25, 0.3) is 0 Å². The van der Waals surface area contributed by atoms with E-state index in [4.69, 9.17) is 14.2 Å². The molecule has 0 unspecified atom stereocenters. The highest BCUT2D eigenvalue weighted by molar-refractivity contribution is 5.79. The normalized spacial score (nSPS) is 12.3. The third-order valence-corrected chi connectivity index (χ3v) is 5.49. The molecule has 0 spiro atoms. The first-order valence-electron chi connectivity index (χ1n) is 10.6. The lowest BCUT2D eigenvalue weighted by atomic mass is 9.98. The molecule has 0 fully saturated rings. The van der Waals surface area contributed by atoms with Crippen LogP contribution in [0.4, 0.5) is 4.79 Å². The van der Waals surface area contributed by atoms with Crippen molar-refractivity contribution in [2.24, 2.45) is 0 Å². The SMILES string of the molecule is COc1ccc(C=CCCNC(=O)OCC2c3ccccc3-c3ccccc32)c(OC)n1. The summed E-state index contributed by atoms with van der Waals surface area (Å²) in [5.41, 5.74) is 5.67. The Morgan fingerprint density at radius 3 is 2.31 bits per heavy atom. The van der Waals surface area contributed by atoms with E-state index >= 15 is 0 Å². The molecule has 1 aromatic heterocycles. The maximum atomic E-state index is 12.2. The Hall–Kier alpha value is -3.80. The summed E-state index contributed by atoms with van der Waals surface area (Å²) in [5.74, 6) is 1.05. The highest BCUT2D eigenvalue weighted by Gasteiger charge is 2.28. The fourth-order valence-electron chi connectivity index (χ4n) is 3.96. The standard InChI is InChI=1S/C26H26N2O4/c1-30-24-15-14-18(25(28-24)31-2)9-7-8-16-27-26(29)32-17-23-21-12-5-3-10-19(21)20-11-4-6-13-22(20)23/h3-7,9-15,23H,8,16-17H2,1-2H3,(H,27,29). The van der Waals surface area contributed by atoms with Gasteiger partial charge in [-0.05, 0) is 34.7 Å². The molecule has 1 aliphatic rings. The minimum absolute atomic E-state index is 0.0584. The molecule has 1 aliphatic carbocycles. The fourth-order valence-corrected chi connectivity index (χ4v) is 3.96. The number of carbonyl (C=O) groups is 1. The Morgan fingerprint density at radius 1 is 0.969 bits per heavy atom. The van der Waals surface area contributed by atoms with E-state index in [1.807, 2.05) is 42.5 Å². The third-order valence-electron chi connectivity index (χ3n) is 5.49. The molecule has 0 atom stereocenters. The number of nitrogens with one attached hydrogen (secondary N) is 1. The van der Waals surface area contributed by atoms with Gasteiger partial charge in [-0.25, -0.2) is 4.79 Å². The van der Waals surface area contributed by atoms with Crippen LogP contribution >= 0.6 is 0 Å². The van der Waals surface area contributed by atoms with E-state index in [9.17, 15) is 4.79 Å². The number of benzene rings is 2. The maximum Gasteiger partial charge on any atom is 0.407 e. The summed E-state index contributed by atoms with van der Waals surface area (Å²) in [5, 5.41) is 2.81. The molecule has 0 aliphatic heterocycles. The molecule has 1 heterocycles. The van der Waals surface area contributed by atoms with Crippen molar-refractivity contribution in [3.63, 3.8) is 0 Å². The Morgan fingerprint density at radius 2 is 1.66 bits per heavy atom. The van der Waals surface area contributed by atoms with Crippen LogP contribution in [0.3, 0.4) is 0 Å². The average Bonchev–Trinajstić information content (AvgIpc) is 3.16. The molecular formula is C26H26N2O4. The number of aromatic nitrogens is 1. The molecule has 1 amide bonds. The van der Waals surface area contributed by atoms with E-state index < -0.39 is 6.09 Å². The lowest BCUT2D eigenvalue weighted by molar-refractivity contribution is 0.143. The lowest BCUT2D eigenvalue weighted by Gasteiger charge is -2.14. The number of methoxy groups -OCH3 is 2. The van der Waals surface area contributed by atoms with Gasteiger partial charge >= 0.3 is 6.09 Å². The van der Waals surface area contributed by atoms with Crippen LogP contribution < -0.4 is 14.8 Å². The molecule has 164 valence electrons. The van der Waals surface area contributed by atoms with Gasteiger partial charge in [0.15, 0.2) is 0 Å². The Labute approximate surface area is 187 Å². The number of ether oxygens (including phenoxy) is 3. The van der Waals surface area contributed by atoms with Crippen molar-refractivity contribution in [3.05, 3.63) is 83.4 Å². The van der Waals surface area contributed by atoms with Crippen molar-refractivity contribution in [1.82, 2.24) is 10.3 Å². The number of carbonyl (C=O) groups excluding carboxylic acids is 1. The lowest BCUT2D eigenvalue weighted by Crippen LogP contribution is -2.26. The van der Waals surface area contributed by atoms with Crippen molar-refractivity contribution >= 4 is 12.2 Å². The highest BCUT2D eigenvalue weighted by Crippen LogP contribution is 2.44. The second kappa shape index (κ2) is 10.0. The second-order valence-corrected chi connectivity index (χ2v) is 7.40. The van der Waals surface area contributed by atoms with Gasteiger partial charge in [-0.15, -0.1) is 0 Å². The first-order chi connectivity index (χ1) is 15.7. The number of fused-ring (bicyclic) bond motifs is 3. The van der Waals surface area contributed by atoms with Crippen molar-refractivity contribution in [2.75, 3.05) is 27.4 Å². The van der Waals surface area contributed by atoms with E-state index in [0.29, 0.717) is 31.3 Å². The number of alkyl carbamates (subject to hydrolysis) is 1. The van der Waals surface area contributed by atoms with Crippen LogP contribution in [0, 0.1) is 0 Å². The molecule has 6 heteroatoms. The van der Waals surface area contributed by atoms with Crippen LogP contribution in [-0.4, -0.2) is 38.4 Å². The Bertz CT molecular complexity index is 1080. The third kappa shape index (κ3) is 4.59. The summed E-state index contributed by atoms with van der Waals surface area (Å²) >= 11 is 0. The van der Waals surface area contributed by atoms with Crippen LogP contribution in [0.25, 0.3) is 17.2 Å². The Kier molecular flexibility index (Phi) is 6.70. The monoisotopic (exact) mass is 430 g/mol. The predicted octanol–water partition coefficient (Wildman–Crippen LogP) is 5.04. The van der Waals surface area contributed by atoms with Gasteiger partial charge in [-0.2, -0.15) is 4.98 Å². The van der Waals surface area contributed by atoms with Gasteiger partial charge < -0.3 is 19.5 Å². The van der Waals surface area contributed by atoms with E-state index in [0.717, 1.165) is 5.56 Å². The van der Waals surface area contributed by atoms with Crippen molar-refractivity contribution in [1.29, 1.82) is 0 Å². The average molecular weight is 431 g/mol. The number of rotatable bonds is 8. The molecule has 32 heavy (non-hydrogen) atoms. The number of nitrogens with zero attached hydrogens (tertiary/aromatic N) is 1. The number of hydrogen-bond acceptors (Lipinski definition) is 5. The van der Waals surface area contributed by atoms with Gasteiger partial charge in [0, 0.05) is 24.1 Å². The number of amides is 1. The maximum absolute atomic E-state index is 12.2. The highest BCUT2D eigenvalue weighted by atomic mass is 16.5. The minimum Gasteiger partial charge on any atom is -0.481 e. The van der Waals surface area contributed by atoms with Crippen molar-refractivity contribution in [2.45, 2.75) is 12.3 Å². The molecule has 4 rings (SSSR count). The van der Waals surface area contributed by atoms with Crippen LogP contribution in [0.2, 0.25) is 0 Å². The number of hydrogen-bond donors (Lipinski definition) is 1. The summed E-state index contributed by atoms with van der Waals surface area (Å²) in [4.78, 5) is 16.5. The van der Waals surface area contributed by atoms with Crippen molar-refractivity contribution in [3.8, 4) is 22.9 Å². The zero-order chi connectivity index (χ0) is 22.3.